The second-order valence-corrected chi connectivity index (χ2v) is 5.65. The van der Waals surface area contributed by atoms with Gasteiger partial charge in [-0.25, -0.2) is 4.39 Å². The molecule has 0 heterocycles. The Kier molecular flexibility index (Phi) is 6.75. The second kappa shape index (κ2) is 9.03. The van der Waals surface area contributed by atoms with Crippen LogP contribution in [0, 0.1) is 12.7 Å². The van der Waals surface area contributed by atoms with Gasteiger partial charge in [0.1, 0.15) is 24.3 Å². The molecule has 0 fully saturated rings. The van der Waals surface area contributed by atoms with Crippen LogP contribution < -0.4 is 10.1 Å². The number of aliphatic hydroxyl groups excluding tert-OH is 1. The molecular weight excluding hydrogens is 309 g/mol. The van der Waals surface area contributed by atoms with Crippen LogP contribution in [0.15, 0.2) is 48.5 Å². The molecule has 0 aliphatic rings. The summed E-state index contributed by atoms with van der Waals surface area (Å²) < 4.78 is 18.1. The zero-order valence-electron chi connectivity index (χ0n) is 13.7. The molecular formula is C19H22FNO3. The van der Waals surface area contributed by atoms with Crippen LogP contribution in [0.1, 0.15) is 17.5 Å². The van der Waals surface area contributed by atoms with Gasteiger partial charge in [-0.3, -0.25) is 4.79 Å². The lowest BCUT2D eigenvalue weighted by atomic mass is 10.0. The Labute approximate surface area is 141 Å². The quantitative estimate of drug-likeness (QED) is 0.782. The molecule has 0 saturated heterocycles. The number of aliphatic hydroxyl groups is 1. The van der Waals surface area contributed by atoms with Gasteiger partial charge in [-0.1, -0.05) is 24.3 Å². The van der Waals surface area contributed by atoms with Crippen molar-refractivity contribution < 1.29 is 19.0 Å². The zero-order chi connectivity index (χ0) is 17.4. The number of ether oxygens (including phenoxy) is 1. The molecule has 0 radical (unpaired) electrons. The van der Waals surface area contributed by atoms with Gasteiger partial charge in [0, 0.05) is 13.0 Å². The largest absolute Gasteiger partial charge is 0.491 e. The lowest BCUT2D eigenvalue weighted by Crippen LogP contribution is -2.35. The van der Waals surface area contributed by atoms with Gasteiger partial charge in [0.05, 0.1) is 0 Å². The number of aryl methyl sites for hydroxylation is 2. The van der Waals surface area contributed by atoms with Crippen molar-refractivity contribution in [3.05, 3.63) is 65.5 Å². The van der Waals surface area contributed by atoms with Crippen LogP contribution in [0.3, 0.4) is 0 Å². The van der Waals surface area contributed by atoms with Crippen molar-refractivity contribution in [2.45, 2.75) is 25.9 Å². The minimum atomic E-state index is -0.822. The SMILES string of the molecule is Cc1ccccc1CCC(=O)NCC(O)COc1ccc(F)cc1. The van der Waals surface area contributed by atoms with Crippen molar-refractivity contribution in [1.29, 1.82) is 0 Å². The third-order valence-electron chi connectivity index (χ3n) is 3.67. The summed E-state index contributed by atoms with van der Waals surface area (Å²) in [6.07, 6.45) is 0.217. The van der Waals surface area contributed by atoms with Gasteiger partial charge in [-0.15, -0.1) is 0 Å². The number of hydrogen-bond donors (Lipinski definition) is 2. The van der Waals surface area contributed by atoms with Crippen LogP contribution in [0.4, 0.5) is 4.39 Å². The molecule has 0 aliphatic heterocycles. The van der Waals surface area contributed by atoms with E-state index in [-0.39, 0.29) is 24.9 Å². The molecule has 2 rings (SSSR count). The molecule has 4 nitrogen and oxygen atoms in total. The Balaban J connectivity index is 1.65. The van der Waals surface area contributed by atoms with Crippen LogP contribution in [0.5, 0.6) is 5.75 Å². The first-order chi connectivity index (χ1) is 11.5. The molecule has 2 aromatic rings. The highest BCUT2D eigenvalue weighted by Gasteiger charge is 2.09. The summed E-state index contributed by atoms with van der Waals surface area (Å²) in [5.74, 6) is 0.0178. The van der Waals surface area contributed by atoms with Crippen molar-refractivity contribution in [2.75, 3.05) is 13.2 Å². The Bertz CT molecular complexity index is 658. The number of carbonyl (C=O) groups is 1. The summed E-state index contributed by atoms with van der Waals surface area (Å²) in [6, 6.07) is 13.5. The van der Waals surface area contributed by atoms with Gasteiger partial charge in [-0.05, 0) is 48.7 Å². The van der Waals surface area contributed by atoms with Gasteiger partial charge in [-0.2, -0.15) is 0 Å². The fourth-order valence-electron chi connectivity index (χ4n) is 2.24. The van der Waals surface area contributed by atoms with Crippen LogP contribution in [0.2, 0.25) is 0 Å². The Morgan fingerprint density at radius 3 is 2.62 bits per heavy atom. The van der Waals surface area contributed by atoms with Crippen LogP contribution in [0.25, 0.3) is 0 Å². The molecule has 1 atom stereocenters. The maximum atomic E-state index is 12.8. The molecule has 2 N–H and O–H groups in total. The van der Waals surface area contributed by atoms with E-state index in [2.05, 4.69) is 5.32 Å². The summed E-state index contributed by atoms with van der Waals surface area (Å²) in [7, 11) is 0. The van der Waals surface area contributed by atoms with Gasteiger partial charge >= 0.3 is 0 Å². The number of amides is 1. The van der Waals surface area contributed by atoms with Crippen molar-refractivity contribution in [2.24, 2.45) is 0 Å². The van der Waals surface area contributed by atoms with E-state index in [0.29, 0.717) is 18.6 Å². The predicted molar refractivity (Wildman–Crippen MR) is 90.4 cm³/mol. The molecule has 1 amide bonds. The molecule has 1 unspecified atom stereocenters. The number of halogens is 1. The van der Waals surface area contributed by atoms with Crippen molar-refractivity contribution in [3.63, 3.8) is 0 Å². The van der Waals surface area contributed by atoms with Crippen LogP contribution in [-0.4, -0.2) is 30.3 Å². The first kappa shape index (κ1) is 17.9. The predicted octanol–water partition coefficient (Wildman–Crippen LogP) is 2.62. The molecule has 0 bridgehead atoms. The highest BCUT2D eigenvalue weighted by atomic mass is 19.1. The monoisotopic (exact) mass is 331 g/mol. The maximum absolute atomic E-state index is 12.8. The standard InChI is InChI=1S/C19H22FNO3/c1-14-4-2-3-5-15(14)6-11-19(23)21-12-17(22)13-24-18-9-7-16(20)8-10-18/h2-5,7-10,17,22H,6,11-13H2,1H3,(H,21,23). The highest BCUT2D eigenvalue weighted by Crippen LogP contribution is 2.11. The third-order valence-corrected chi connectivity index (χ3v) is 3.67. The minimum Gasteiger partial charge on any atom is -0.491 e. The molecule has 0 aliphatic carbocycles. The first-order valence-corrected chi connectivity index (χ1v) is 7.92. The summed E-state index contributed by atoms with van der Waals surface area (Å²) in [6.45, 7) is 2.17. The van der Waals surface area contributed by atoms with Gasteiger partial charge < -0.3 is 15.2 Å². The van der Waals surface area contributed by atoms with Gasteiger partial charge in [0.2, 0.25) is 5.91 Å². The molecule has 2 aromatic carbocycles. The number of carbonyl (C=O) groups excluding carboxylic acids is 1. The lowest BCUT2D eigenvalue weighted by Gasteiger charge is -2.13. The number of rotatable bonds is 8. The van der Waals surface area contributed by atoms with Crippen molar-refractivity contribution in [3.8, 4) is 5.75 Å². The van der Waals surface area contributed by atoms with E-state index in [1.54, 1.807) is 0 Å². The molecule has 0 spiro atoms. The van der Waals surface area contributed by atoms with Crippen LogP contribution >= 0.6 is 0 Å². The Morgan fingerprint density at radius 2 is 1.92 bits per heavy atom. The topological polar surface area (TPSA) is 58.6 Å². The average molecular weight is 331 g/mol. The van der Waals surface area contributed by atoms with Crippen LogP contribution in [-0.2, 0) is 11.2 Å². The highest BCUT2D eigenvalue weighted by molar-refractivity contribution is 5.76. The third kappa shape index (κ3) is 6.01. The van der Waals surface area contributed by atoms with E-state index >= 15 is 0 Å². The number of hydrogen-bond acceptors (Lipinski definition) is 3. The van der Waals surface area contributed by atoms with E-state index in [1.807, 2.05) is 31.2 Å². The fraction of sp³-hybridized carbons (Fsp3) is 0.316. The first-order valence-electron chi connectivity index (χ1n) is 7.92. The summed E-state index contributed by atoms with van der Waals surface area (Å²) in [4.78, 5) is 11.8. The number of nitrogens with one attached hydrogen (secondary N) is 1. The maximum Gasteiger partial charge on any atom is 0.220 e. The van der Waals surface area contributed by atoms with E-state index in [0.717, 1.165) is 11.1 Å². The van der Waals surface area contributed by atoms with Crippen molar-refractivity contribution >= 4 is 5.91 Å². The second-order valence-electron chi connectivity index (χ2n) is 5.65. The Morgan fingerprint density at radius 1 is 1.21 bits per heavy atom. The minimum absolute atomic E-state index is 0.0315. The molecule has 24 heavy (non-hydrogen) atoms. The van der Waals surface area contributed by atoms with Gasteiger partial charge in [0.25, 0.3) is 0 Å². The summed E-state index contributed by atoms with van der Waals surface area (Å²) in [5.41, 5.74) is 2.31. The van der Waals surface area contributed by atoms with Crippen molar-refractivity contribution in [1.82, 2.24) is 5.32 Å². The van der Waals surface area contributed by atoms with E-state index in [9.17, 15) is 14.3 Å². The molecule has 128 valence electrons. The lowest BCUT2D eigenvalue weighted by molar-refractivity contribution is -0.121. The smallest absolute Gasteiger partial charge is 0.220 e. The zero-order valence-corrected chi connectivity index (χ0v) is 13.7. The molecule has 0 saturated carbocycles. The molecule has 5 heteroatoms. The van der Waals surface area contributed by atoms with E-state index < -0.39 is 6.10 Å². The molecule has 0 aromatic heterocycles. The van der Waals surface area contributed by atoms with E-state index in [4.69, 9.17) is 4.74 Å². The average Bonchev–Trinajstić information content (AvgIpc) is 2.58. The Hall–Kier alpha value is -2.40. The number of benzene rings is 2. The summed E-state index contributed by atoms with van der Waals surface area (Å²) >= 11 is 0. The van der Waals surface area contributed by atoms with Gasteiger partial charge in [0.15, 0.2) is 0 Å². The normalized spacial score (nSPS) is 11.8. The fourth-order valence-corrected chi connectivity index (χ4v) is 2.24. The summed E-state index contributed by atoms with van der Waals surface area (Å²) in [5, 5.41) is 12.5. The van der Waals surface area contributed by atoms with E-state index in [1.165, 1.54) is 24.3 Å².